The molecule has 150 valence electrons. The molecule has 0 radical (unpaired) electrons. The summed E-state index contributed by atoms with van der Waals surface area (Å²) in [5.41, 5.74) is 1.01. The van der Waals surface area contributed by atoms with Crippen LogP contribution in [-0.2, 0) is 11.3 Å². The van der Waals surface area contributed by atoms with Crippen molar-refractivity contribution < 1.29 is 18.3 Å². The fourth-order valence-electron chi connectivity index (χ4n) is 2.74. The summed E-state index contributed by atoms with van der Waals surface area (Å²) < 4.78 is 33.0. The maximum absolute atomic E-state index is 13.6. The lowest BCUT2D eigenvalue weighted by atomic mass is 10.1. The molecule has 0 atom stereocenters. The number of rotatable bonds is 7. The first-order valence-electron chi connectivity index (χ1n) is 8.94. The molecule has 3 rings (SSSR count). The number of halogens is 2. The van der Waals surface area contributed by atoms with Gasteiger partial charge in [0.2, 0.25) is 5.91 Å². The summed E-state index contributed by atoms with van der Waals surface area (Å²) in [6.07, 6.45) is 0.372. The van der Waals surface area contributed by atoms with Crippen LogP contribution in [0.4, 0.5) is 14.5 Å². The summed E-state index contributed by atoms with van der Waals surface area (Å²) in [6.45, 7) is 0.218. The van der Waals surface area contributed by atoms with Crippen LogP contribution < -0.4 is 15.6 Å². The highest BCUT2D eigenvalue weighted by Crippen LogP contribution is 2.21. The second-order valence-corrected chi connectivity index (χ2v) is 6.29. The van der Waals surface area contributed by atoms with E-state index in [4.69, 9.17) is 4.74 Å². The predicted octanol–water partition coefficient (Wildman–Crippen LogP) is 3.62. The summed E-state index contributed by atoms with van der Waals surface area (Å²) >= 11 is 0. The summed E-state index contributed by atoms with van der Waals surface area (Å²) in [6, 6.07) is 13.2. The van der Waals surface area contributed by atoms with Crippen molar-refractivity contribution in [1.82, 2.24) is 9.78 Å². The van der Waals surface area contributed by atoms with E-state index in [0.717, 1.165) is 17.7 Å². The molecule has 0 bridgehead atoms. The molecule has 1 N–H and O–H groups in total. The van der Waals surface area contributed by atoms with E-state index >= 15 is 0 Å². The number of carbonyl (C=O) groups excluding carboxylic acids is 1. The number of carbonyl (C=O) groups is 1. The van der Waals surface area contributed by atoms with Gasteiger partial charge in [-0.15, -0.1) is 0 Å². The quantitative estimate of drug-likeness (QED) is 0.659. The summed E-state index contributed by atoms with van der Waals surface area (Å²) in [7, 11) is 1.57. The Kier molecular flexibility index (Phi) is 6.33. The molecule has 0 aliphatic carbocycles. The van der Waals surface area contributed by atoms with Crippen molar-refractivity contribution >= 4 is 11.6 Å². The van der Waals surface area contributed by atoms with Gasteiger partial charge in [0.1, 0.15) is 17.4 Å². The molecule has 1 heterocycles. The van der Waals surface area contributed by atoms with E-state index in [9.17, 15) is 18.4 Å². The van der Waals surface area contributed by atoms with Gasteiger partial charge in [-0.05, 0) is 36.8 Å². The standard InChI is InChI=1S/C21H19F2N3O3/c1-29-16-5-2-4-14(12-16)18-9-10-21(28)26(25-18)11-3-6-20(27)24-19-8-7-15(22)13-17(19)23/h2,4-5,7-10,12-13H,3,6,11H2,1H3,(H,24,27). The number of hydrogen-bond acceptors (Lipinski definition) is 4. The van der Waals surface area contributed by atoms with Gasteiger partial charge in [-0.1, -0.05) is 12.1 Å². The molecule has 29 heavy (non-hydrogen) atoms. The Bertz CT molecular complexity index is 1080. The van der Waals surface area contributed by atoms with Crippen molar-refractivity contribution in [2.45, 2.75) is 19.4 Å². The number of aromatic nitrogens is 2. The minimum Gasteiger partial charge on any atom is -0.497 e. The van der Waals surface area contributed by atoms with Crippen molar-refractivity contribution in [2.75, 3.05) is 12.4 Å². The summed E-state index contributed by atoms with van der Waals surface area (Å²) in [4.78, 5) is 24.0. The maximum Gasteiger partial charge on any atom is 0.266 e. The zero-order valence-electron chi connectivity index (χ0n) is 15.7. The first-order valence-corrected chi connectivity index (χ1v) is 8.94. The van der Waals surface area contributed by atoms with Gasteiger partial charge >= 0.3 is 0 Å². The average molecular weight is 399 g/mol. The number of nitrogens with zero attached hydrogens (tertiary/aromatic N) is 2. The molecule has 3 aromatic rings. The number of methoxy groups -OCH3 is 1. The van der Waals surface area contributed by atoms with Gasteiger partial charge in [-0.3, -0.25) is 9.59 Å². The predicted molar refractivity (Wildman–Crippen MR) is 105 cm³/mol. The Hall–Kier alpha value is -3.55. The van der Waals surface area contributed by atoms with E-state index in [0.29, 0.717) is 23.9 Å². The van der Waals surface area contributed by atoms with Crippen LogP contribution in [0.25, 0.3) is 11.3 Å². The fourth-order valence-corrected chi connectivity index (χ4v) is 2.74. The van der Waals surface area contributed by atoms with E-state index in [1.165, 1.54) is 10.7 Å². The second kappa shape index (κ2) is 9.09. The van der Waals surface area contributed by atoms with Crippen molar-refractivity contribution in [2.24, 2.45) is 0 Å². The molecule has 6 nitrogen and oxygen atoms in total. The van der Waals surface area contributed by atoms with Gasteiger partial charge < -0.3 is 10.1 Å². The molecule has 0 aliphatic rings. The summed E-state index contributed by atoms with van der Waals surface area (Å²) in [5.74, 6) is -1.33. The van der Waals surface area contributed by atoms with E-state index in [2.05, 4.69) is 10.4 Å². The van der Waals surface area contributed by atoms with Crippen LogP contribution in [0.1, 0.15) is 12.8 Å². The lowest BCUT2D eigenvalue weighted by Gasteiger charge is -2.09. The largest absolute Gasteiger partial charge is 0.497 e. The molecule has 2 aromatic carbocycles. The average Bonchev–Trinajstić information content (AvgIpc) is 2.71. The molecule has 0 saturated heterocycles. The SMILES string of the molecule is COc1cccc(-c2ccc(=O)n(CCCC(=O)Nc3ccc(F)cc3F)n2)c1. The Morgan fingerprint density at radius 1 is 1.14 bits per heavy atom. The zero-order chi connectivity index (χ0) is 20.8. The van der Waals surface area contributed by atoms with E-state index in [1.54, 1.807) is 13.2 Å². The molecule has 1 amide bonds. The number of aryl methyl sites for hydroxylation is 1. The highest BCUT2D eigenvalue weighted by atomic mass is 19.1. The highest BCUT2D eigenvalue weighted by molar-refractivity contribution is 5.90. The number of amides is 1. The molecular weight excluding hydrogens is 380 g/mol. The van der Waals surface area contributed by atoms with Crippen LogP contribution in [0.2, 0.25) is 0 Å². The Morgan fingerprint density at radius 3 is 2.72 bits per heavy atom. The van der Waals surface area contributed by atoms with Gasteiger partial charge in [-0.2, -0.15) is 5.10 Å². The number of nitrogens with one attached hydrogen (secondary N) is 1. The minimum atomic E-state index is -0.845. The summed E-state index contributed by atoms with van der Waals surface area (Å²) in [5, 5.41) is 6.72. The molecule has 1 aromatic heterocycles. The molecule has 0 spiro atoms. The smallest absolute Gasteiger partial charge is 0.266 e. The van der Waals surface area contributed by atoms with Crippen molar-refractivity contribution in [3.05, 3.63) is 76.6 Å². The monoisotopic (exact) mass is 399 g/mol. The normalized spacial score (nSPS) is 10.6. The lowest BCUT2D eigenvalue weighted by molar-refractivity contribution is -0.116. The van der Waals surface area contributed by atoms with Crippen LogP contribution >= 0.6 is 0 Å². The van der Waals surface area contributed by atoms with Gasteiger partial charge in [0.05, 0.1) is 18.5 Å². The Morgan fingerprint density at radius 2 is 1.97 bits per heavy atom. The van der Waals surface area contributed by atoms with Gasteiger partial charge in [0, 0.05) is 30.7 Å². The van der Waals surface area contributed by atoms with Crippen LogP contribution in [-0.4, -0.2) is 22.8 Å². The molecular formula is C21H19F2N3O3. The number of benzene rings is 2. The molecule has 0 fully saturated rings. The number of ether oxygens (including phenoxy) is 1. The molecule has 0 unspecified atom stereocenters. The van der Waals surface area contributed by atoms with Crippen LogP contribution in [0.3, 0.4) is 0 Å². The van der Waals surface area contributed by atoms with Crippen molar-refractivity contribution in [3.8, 4) is 17.0 Å². The first-order chi connectivity index (χ1) is 14.0. The topological polar surface area (TPSA) is 73.2 Å². The number of anilines is 1. The lowest BCUT2D eigenvalue weighted by Crippen LogP contribution is -2.23. The zero-order valence-corrected chi connectivity index (χ0v) is 15.7. The fraction of sp³-hybridized carbons (Fsp3) is 0.190. The third kappa shape index (κ3) is 5.25. The van der Waals surface area contributed by atoms with E-state index in [1.807, 2.05) is 24.3 Å². The van der Waals surface area contributed by atoms with E-state index < -0.39 is 17.5 Å². The van der Waals surface area contributed by atoms with Crippen LogP contribution in [0, 0.1) is 11.6 Å². The first kappa shape index (κ1) is 20.2. The van der Waals surface area contributed by atoms with Gasteiger partial charge in [0.15, 0.2) is 0 Å². The highest BCUT2D eigenvalue weighted by Gasteiger charge is 2.09. The van der Waals surface area contributed by atoms with Gasteiger partial charge in [-0.25, -0.2) is 13.5 Å². The Labute approximate surface area is 165 Å². The van der Waals surface area contributed by atoms with Crippen LogP contribution in [0.15, 0.2) is 59.4 Å². The van der Waals surface area contributed by atoms with Crippen molar-refractivity contribution in [1.29, 1.82) is 0 Å². The second-order valence-electron chi connectivity index (χ2n) is 6.29. The third-order valence-corrected chi connectivity index (χ3v) is 4.21. The minimum absolute atomic E-state index is 0.0499. The van der Waals surface area contributed by atoms with Crippen molar-refractivity contribution in [3.63, 3.8) is 0 Å². The molecule has 0 saturated carbocycles. The number of hydrogen-bond donors (Lipinski definition) is 1. The molecule has 8 heteroatoms. The Balaban J connectivity index is 1.63. The third-order valence-electron chi connectivity index (χ3n) is 4.21. The van der Waals surface area contributed by atoms with Gasteiger partial charge in [0.25, 0.3) is 5.56 Å². The molecule has 0 aliphatic heterocycles. The van der Waals surface area contributed by atoms with Crippen LogP contribution in [0.5, 0.6) is 5.75 Å². The maximum atomic E-state index is 13.6. The van der Waals surface area contributed by atoms with E-state index in [-0.39, 0.29) is 24.2 Å².